The number of para-hydroxylation sites is 2. The maximum atomic E-state index is 12.3. The molecule has 0 saturated carbocycles. The molecule has 3 heterocycles. The predicted octanol–water partition coefficient (Wildman–Crippen LogP) is 3.68. The van der Waals surface area contributed by atoms with Gasteiger partial charge in [0.15, 0.2) is 0 Å². The van der Waals surface area contributed by atoms with Gasteiger partial charge in [-0.2, -0.15) is 0 Å². The molecule has 0 spiro atoms. The fourth-order valence-electron chi connectivity index (χ4n) is 4.14. The third-order valence-electron chi connectivity index (χ3n) is 5.39. The first-order valence-corrected chi connectivity index (χ1v) is 8.95. The van der Waals surface area contributed by atoms with Gasteiger partial charge in [0.2, 0.25) is 0 Å². The summed E-state index contributed by atoms with van der Waals surface area (Å²) in [4.78, 5) is 20.5. The Bertz CT molecular complexity index is 706. The Morgan fingerprint density at radius 2 is 1.56 bits per heavy atom. The molecular formula is C20H34N4O. The van der Waals surface area contributed by atoms with Gasteiger partial charge in [0.05, 0.1) is 17.7 Å². The van der Waals surface area contributed by atoms with Crippen LogP contribution in [0.15, 0.2) is 29.1 Å². The summed E-state index contributed by atoms with van der Waals surface area (Å²) in [6.07, 6.45) is 6.22. The van der Waals surface area contributed by atoms with E-state index in [2.05, 4.69) is 14.8 Å². The number of hydrogen-bond acceptors (Lipinski definition) is 3. The molecule has 1 aromatic heterocycles. The number of H-pyrrole nitrogens is 1. The van der Waals surface area contributed by atoms with Crippen LogP contribution in [0.4, 0.5) is 0 Å². The van der Waals surface area contributed by atoms with E-state index in [4.69, 9.17) is 0 Å². The molecule has 0 aliphatic carbocycles. The summed E-state index contributed by atoms with van der Waals surface area (Å²) in [7, 11) is 0. The topological polar surface area (TPSA) is 44.3 Å². The molecule has 0 radical (unpaired) electrons. The van der Waals surface area contributed by atoms with Gasteiger partial charge in [-0.3, -0.25) is 14.4 Å². The molecule has 0 unspecified atom stereocenters. The van der Waals surface area contributed by atoms with Gasteiger partial charge in [-0.25, -0.2) is 4.79 Å². The lowest BCUT2D eigenvalue weighted by Gasteiger charge is -2.37. The summed E-state index contributed by atoms with van der Waals surface area (Å²) in [5, 5.41) is 0. The largest absolute Gasteiger partial charge is 0.326 e. The molecule has 5 nitrogen and oxygen atoms in total. The maximum absolute atomic E-state index is 12.3. The van der Waals surface area contributed by atoms with Crippen molar-refractivity contribution in [2.75, 3.05) is 32.8 Å². The van der Waals surface area contributed by atoms with E-state index < -0.39 is 0 Å². The van der Waals surface area contributed by atoms with Crippen LogP contribution in [0.1, 0.15) is 53.0 Å². The van der Waals surface area contributed by atoms with E-state index in [1.807, 2.05) is 28.8 Å². The lowest BCUT2D eigenvalue weighted by atomic mass is 10.0. The molecule has 5 heteroatoms. The summed E-state index contributed by atoms with van der Waals surface area (Å²) in [6.45, 7) is 5.79. The zero-order valence-corrected chi connectivity index (χ0v) is 13.7. The minimum atomic E-state index is 0. The number of benzene rings is 1. The highest BCUT2D eigenvalue weighted by Gasteiger charge is 2.24. The fraction of sp³-hybridized carbons (Fsp3) is 0.650. The number of likely N-dealkylation sites (tertiary alicyclic amines) is 2. The number of aromatic nitrogens is 2. The van der Waals surface area contributed by atoms with Gasteiger partial charge in [0.1, 0.15) is 0 Å². The van der Waals surface area contributed by atoms with Crippen molar-refractivity contribution in [3.05, 3.63) is 34.7 Å². The van der Waals surface area contributed by atoms with Crippen molar-refractivity contribution in [1.29, 1.82) is 0 Å². The maximum Gasteiger partial charge on any atom is 0.326 e. The molecule has 1 N–H and O–H groups in total. The Morgan fingerprint density at radius 3 is 2.28 bits per heavy atom. The predicted molar refractivity (Wildman–Crippen MR) is 106 cm³/mol. The van der Waals surface area contributed by atoms with Crippen molar-refractivity contribution in [2.24, 2.45) is 0 Å². The second-order valence-corrected chi connectivity index (χ2v) is 6.99. The van der Waals surface area contributed by atoms with Gasteiger partial charge in [0, 0.05) is 19.1 Å². The Morgan fingerprint density at radius 1 is 0.920 bits per heavy atom. The van der Waals surface area contributed by atoms with Crippen LogP contribution >= 0.6 is 0 Å². The van der Waals surface area contributed by atoms with Crippen molar-refractivity contribution < 1.29 is 0 Å². The van der Waals surface area contributed by atoms with Crippen LogP contribution in [0.5, 0.6) is 0 Å². The van der Waals surface area contributed by atoms with Crippen LogP contribution in [0.25, 0.3) is 11.0 Å². The van der Waals surface area contributed by atoms with E-state index in [0.717, 1.165) is 43.6 Å². The molecule has 2 saturated heterocycles. The fourth-order valence-corrected chi connectivity index (χ4v) is 4.14. The molecule has 0 atom stereocenters. The van der Waals surface area contributed by atoms with Crippen LogP contribution in [0.3, 0.4) is 0 Å². The van der Waals surface area contributed by atoms with Crippen LogP contribution < -0.4 is 5.69 Å². The first-order valence-electron chi connectivity index (χ1n) is 8.95. The zero-order valence-electron chi connectivity index (χ0n) is 13.7. The lowest BCUT2D eigenvalue weighted by molar-refractivity contribution is 0.0848. The highest BCUT2D eigenvalue weighted by atomic mass is 16.1. The van der Waals surface area contributed by atoms with E-state index in [1.165, 1.54) is 32.4 Å². The Balaban J connectivity index is 0.00000113. The number of nitrogens with zero attached hydrogens (tertiary/aromatic N) is 3. The monoisotopic (exact) mass is 346 g/mol. The third kappa shape index (κ3) is 4.15. The van der Waals surface area contributed by atoms with E-state index in [-0.39, 0.29) is 20.5 Å². The lowest BCUT2D eigenvalue weighted by Crippen LogP contribution is -2.44. The van der Waals surface area contributed by atoms with Gasteiger partial charge < -0.3 is 4.98 Å². The first-order chi connectivity index (χ1) is 11.3. The van der Waals surface area contributed by atoms with Crippen LogP contribution in [0.2, 0.25) is 0 Å². The summed E-state index contributed by atoms with van der Waals surface area (Å²) in [5.74, 6) is 0. The normalized spacial score (nSPS) is 20.2. The highest BCUT2D eigenvalue weighted by molar-refractivity contribution is 5.75. The second kappa shape index (κ2) is 8.68. The van der Waals surface area contributed by atoms with Crippen LogP contribution in [-0.4, -0.2) is 52.2 Å². The molecule has 0 amide bonds. The molecule has 2 aliphatic rings. The number of rotatable bonds is 3. The minimum Gasteiger partial charge on any atom is -0.306 e. The Kier molecular flexibility index (Phi) is 6.85. The quantitative estimate of drug-likeness (QED) is 0.922. The molecule has 140 valence electrons. The summed E-state index contributed by atoms with van der Waals surface area (Å²) < 4.78 is 1.98. The van der Waals surface area contributed by atoms with Gasteiger partial charge in [-0.05, 0) is 50.9 Å². The number of nitrogens with one attached hydrogen (secondary N) is 1. The number of hydrogen-bond donors (Lipinski definition) is 1. The molecule has 2 aliphatic heterocycles. The highest BCUT2D eigenvalue weighted by Crippen LogP contribution is 2.25. The average Bonchev–Trinajstić information content (AvgIpc) is 2.92. The molecule has 2 aromatic rings. The third-order valence-corrected chi connectivity index (χ3v) is 5.39. The minimum absolute atomic E-state index is 0. The second-order valence-electron chi connectivity index (χ2n) is 6.99. The standard InChI is InChI=1S/C18H26N4O.2CH4/c23-18-19-16-6-2-3-7-17(16)22(18)15-8-12-21(13-9-15)14-20-10-4-1-5-11-20;;/h2-3,6-7,15H,1,4-5,8-14H2,(H,19,23);2*1H4. The molecule has 2 fully saturated rings. The molecule has 0 bridgehead atoms. The van der Waals surface area contributed by atoms with E-state index in [1.54, 1.807) is 0 Å². The van der Waals surface area contributed by atoms with Crippen molar-refractivity contribution in [3.8, 4) is 0 Å². The SMILES string of the molecule is C.C.O=c1[nH]c2ccccc2n1C1CCN(CN2CCCCC2)CC1. The van der Waals surface area contributed by atoms with E-state index in [0.29, 0.717) is 6.04 Å². The smallest absolute Gasteiger partial charge is 0.306 e. The zero-order chi connectivity index (χ0) is 15.6. The molecule has 25 heavy (non-hydrogen) atoms. The molecule has 4 rings (SSSR count). The van der Waals surface area contributed by atoms with Crippen molar-refractivity contribution >= 4 is 11.0 Å². The van der Waals surface area contributed by atoms with Crippen molar-refractivity contribution in [1.82, 2.24) is 19.4 Å². The van der Waals surface area contributed by atoms with Crippen molar-refractivity contribution in [3.63, 3.8) is 0 Å². The molecule has 1 aromatic carbocycles. The number of piperidine rings is 2. The average molecular weight is 347 g/mol. The first kappa shape index (κ1) is 19.7. The summed E-state index contributed by atoms with van der Waals surface area (Å²) in [5.41, 5.74) is 2.04. The van der Waals surface area contributed by atoms with Crippen LogP contribution in [0, 0.1) is 0 Å². The van der Waals surface area contributed by atoms with Crippen molar-refractivity contribution in [2.45, 2.75) is 53.0 Å². The number of aromatic amines is 1. The summed E-state index contributed by atoms with van der Waals surface area (Å²) >= 11 is 0. The van der Waals surface area contributed by atoms with Gasteiger partial charge in [-0.1, -0.05) is 33.4 Å². The number of fused-ring (bicyclic) bond motifs is 1. The summed E-state index contributed by atoms with van der Waals surface area (Å²) in [6, 6.07) is 8.35. The van der Waals surface area contributed by atoms with Crippen LogP contribution in [-0.2, 0) is 0 Å². The number of imidazole rings is 1. The van der Waals surface area contributed by atoms with Gasteiger partial charge in [-0.15, -0.1) is 0 Å². The Hall–Kier alpha value is -1.59. The van der Waals surface area contributed by atoms with Gasteiger partial charge >= 0.3 is 5.69 Å². The van der Waals surface area contributed by atoms with Gasteiger partial charge in [0.25, 0.3) is 0 Å². The van der Waals surface area contributed by atoms with E-state index >= 15 is 0 Å². The Labute approximate surface area is 151 Å². The van der Waals surface area contributed by atoms with E-state index in [9.17, 15) is 4.79 Å². The molecular weight excluding hydrogens is 312 g/mol.